The minimum atomic E-state index is 0.557. The Labute approximate surface area is 80.3 Å². The summed E-state index contributed by atoms with van der Waals surface area (Å²) in [5.74, 6) is 1.05. The molecule has 1 nitrogen and oxygen atoms in total. The molecule has 0 unspecified atom stereocenters. The van der Waals surface area contributed by atoms with Gasteiger partial charge in [0.05, 0.1) is 0 Å². The summed E-state index contributed by atoms with van der Waals surface area (Å²) < 4.78 is 1.12. The molecule has 0 radical (unpaired) electrons. The van der Waals surface area contributed by atoms with Gasteiger partial charge in [-0.3, -0.25) is 4.98 Å². The van der Waals surface area contributed by atoms with Gasteiger partial charge in [-0.1, -0.05) is 0 Å². The maximum Gasteiger partial charge on any atom is 0.0410 e. The first-order chi connectivity index (χ1) is 5.78. The monoisotopic (exact) mass is 223 g/mol. The van der Waals surface area contributed by atoms with E-state index in [1.54, 1.807) is 0 Å². The molecule has 1 aromatic rings. The molecule has 3 saturated carbocycles. The molecular weight excluding hydrogens is 214 g/mol. The van der Waals surface area contributed by atoms with E-state index in [9.17, 15) is 0 Å². The van der Waals surface area contributed by atoms with Crippen LogP contribution in [0.3, 0.4) is 0 Å². The van der Waals surface area contributed by atoms with Crippen LogP contribution in [0.2, 0.25) is 0 Å². The summed E-state index contributed by atoms with van der Waals surface area (Å²) in [7, 11) is 0. The molecule has 12 heavy (non-hydrogen) atoms. The minimum absolute atomic E-state index is 0.557. The maximum absolute atomic E-state index is 4.21. The van der Waals surface area contributed by atoms with Gasteiger partial charge in [0.1, 0.15) is 0 Å². The van der Waals surface area contributed by atoms with Crippen LogP contribution < -0.4 is 0 Å². The first-order valence-corrected chi connectivity index (χ1v) is 5.19. The molecule has 3 fully saturated rings. The van der Waals surface area contributed by atoms with Crippen LogP contribution in [0.1, 0.15) is 24.8 Å². The molecule has 2 heteroatoms. The van der Waals surface area contributed by atoms with Crippen molar-refractivity contribution in [1.82, 2.24) is 4.98 Å². The third-order valence-electron chi connectivity index (χ3n) is 3.36. The van der Waals surface area contributed by atoms with Crippen molar-refractivity contribution in [3.05, 3.63) is 28.5 Å². The fourth-order valence-electron chi connectivity index (χ4n) is 2.53. The number of aromatic nitrogens is 1. The zero-order valence-corrected chi connectivity index (χ0v) is 8.34. The lowest BCUT2D eigenvalue weighted by Gasteiger charge is -2.62. The first-order valence-electron chi connectivity index (χ1n) is 4.40. The van der Waals surface area contributed by atoms with Crippen molar-refractivity contribution in [2.24, 2.45) is 5.92 Å². The molecule has 2 bridgehead atoms. The van der Waals surface area contributed by atoms with E-state index in [4.69, 9.17) is 0 Å². The number of hydrogen-bond donors (Lipinski definition) is 0. The van der Waals surface area contributed by atoms with E-state index in [1.807, 2.05) is 12.4 Å². The highest BCUT2D eigenvalue weighted by molar-refractivity contribution is 9.10. The molecule has 0 aromatic carbocycles. The highest BCUT2D eigenvalue weighted by Gasteiger charge is 2.57. The molecular formula is C10H10BrN. The predicted molar refractivity (Wildman–Crippen MR) is 51.0 cm³/mol. The molecule has 0 spiro atoms. The molecule has 0 atom stereocenters. The summed E-state index contributed by atoms with van der Waals surface area (Å²) in [5, 5.41) is 0. The summed E-state index contributed by atoms with van der Waals surface area (Å²) in [6.07, 6.45) is 8.11. The van der Waals surface area contributed by atoms with Gasteiger partial charge in [-0.25, -0.2) is 0 Å². The molecule has 0 saturated heterocycles. The van der Waals surface area contributed by atoms with Gasteiger partial charge in [0, 0.05) is 16.9 Å². The van der Waals surface area contributed by atoms with Crippen LogP contribution in [0.25, 0.3) is 0 Å². The number of rotatable bonds is 1. The van der Waals surface area contributed by atoms with E-state index in [1.165, 1.54) is 24.8 Å². The zero-order valence-electron chi connectivity index (χ0n) is 6.76. The van der Waals surface area contributed by atoms with Crippen molar-refractivity contribution in [2.75, 3.05) is 0 Å². The van der Waals surface area contributed by atoms with Crippen molar-refractivity contribution in [1.29, 1.82) is 0 Å². The highest BCUT2D eigenvalue weighted by Crippen LogP contribution is 2.65. The molecule has 1 aromatic heterocycles. The fraction of sp³-hybridized carbons (Fsp3) is 0.500. The molecule has 3 aliphatic rings. The fourth-order valence-corrected chi connectivity index (χ4v) is 2.90. The van der Waals surface area contributed by atoms with Crippen molar-refractivity contribution < 1.29 is 0 Å². The van der Waals surface area contributed by atoms with Crippen molar-refractivity contribution in [3.63, 3.8) is 0 Å². The summed E-state index contributed by atoms with van der Waals surface area (Å²) >= 11 is 3.46. The van der Waals surface area contributed by atoms with Gasteiger partial charge in [-0.15, -0.1) is 0 Å². The average molecular weight is 224 g/mol. The van der Waals surface area contributed by atoms with Gasteiger partial charge < -0.3 is 0 Å². The SMILES string of the molecule is Brc1cncc(C23CC(C2)C3)c1. The number of halogens is 1. The van der Waals surface area contributed by atoms with E-state index >= 15 is 0 Å². The summed E-state index contributed by atoms with van der Waals surface area (Å²) in [6, 6.07) is 2.22. The number of hydrogen-bond acceptors (Lipinski definition) is 1. The van der Waals surface area contributed by atoms with Gasteiger partial charge in [0.15, 0.2) is 0 Å². The largest absolute Gasteiger partial charge is 0.263 e. The summed E-state index contributed by atoms with van der Waals surface area (Å²) in [5.41, 5.74) is 2.00. The minimum Gasteiger partial charge on any atom is -0.263 e. The van der Waals surface area contributed by atoms with Gasteiger partial charge in [-0.2, -0.15) is 0 Å². The number of pyridine rings is 1. The van der Waals surface area contributed by atoms with Crippen LogP contribution >= 0.6 is 15.9 Å². The average Bonchev–Trinajstić information content (AvgIpc) is 1.79. The zero-order chi connectivity index (χ0) is 8.18. The second-order valence-electron chi connectivity index (χ2n) is 4.15. The smallest absolute Gasteiger partial charge is 0.0410 e. The topological polar surface area (TPSA) is 12.9 Å². The Bertz CT molecular complexity index is 317. The normalized spacial score (nSPS) is 36.9. The molecule has 1 heterocycles. The molecule has 62 valence electrons. The summed E-state index contributed by atoms with van der Waals surface area (Å²) in [6.45, 7) is 0. The maximum atomic E-state index is 4.21. The van der Waals surface area contributed by atoms with E-state index < -0.39 is 0 Å². The molecule has 0 aliphatic heterocycles. The highest BCUT2D eigenvalue weighted by atomic mass is 79.9. The van der Waals surface area contributed by atoms with Crippen LogP contribution in [0.5, 0.6) is 0 Å². The van der Waals surface area contributed by atoms with Gasteiger partial charge in [-0.05, 0) is 58.2 Å². The van der Waals surface area contributed by atoms with Crippen molar-refractivity contribution in [3.8, 4) is 0 Å². The second-order valence-corrected chi connectivity index (χ2v) is 5.07. The van der Waals surface area contributed by atoms with Crippen LogP contribution in [0.15, 0.2) is 22.9 Å². The van der Waals surface area contributed by atoms with E-state index in [0.717, 1.165) is 10.4 Å². The van der Waals surface area contributed by atoms with Crippen molar-refractivity contribution in [2.45, 2.75) is 24.7 Å². The Kier molecular flexibility index (Phi) is 1.24. The predicted octanol–water partition coefficient (Wildman–Crippen LogP) is 2.90. The summed E-state index contributed by atoms with van der Waals surface area (Å²) in [4.78, 5) is 4.21. The van der Waals surface area contributed by atoms with Crippen LogP contribution in [-0.4, -0.2) is 4.98 Å². The first kappa shape index (κ1) is 7.07. The van der Waals surface area contributed by atoms with Gasteiger partial charge in [0.2, 0.25) is 0 Å². The molecule has 4 rings (SSSR count). The molecule has 0 N–H and O–H groups in total. The van der Waals surface area contributed by atoms with Gasteiger partial charge in [0.25, 0.3) is 0 Å². The Hall–Kier alpha value is -0.370. The second kappa shape index (κ2) is 2.11. The van der Waals surface area contributed by atoms with E-state index in [-0.39, 0.29) is 0 Å². The lowest BCUT2D eigenvalue weighted by Crippen LogP contribution is -2.55. The standard InChI is InChI=1S/C10H10BrN/c11-9-1-8(5-12-6-9)10-2-7(3-10)4-10/h1,5-7H,2-4H2. The Morgan fingerprint density at radius 2 is 2.08 bits per heavy atom. The quantitative estimate of drug-likeness (QED) is 0.714. The number of nitrogens with zero attached hydrogens (tertiary/aromatic N) is 1. The molecule has 3 aliphatic carbocycles. The Morgan fingerprint density at radius 3 is 2.58 bits per heavy atom. The van der Waals surface area contributed by atoms with Crippen LogP contribution in [0, 0.1) is 5.92 Å². The van der Waals surface area contributed by atoms with E-state index in [0.29, 0.717) is 5.41 Å². The van der Waals surface area contributed by atoms with Crippen LogP contribution in [-0.2, 0) is 5.41 Å². The van der Waals surface area contributed by atoms with Crippen molar-refractivity contribution >= 4 is 15.9 Å². The molecule has 0 amide bonds. The van der Waals surface area contributed by atoms with E-state index in [2.05, 4.69) is 27.0 Å². The third-order valence-corrected chi connectivity index (χ3v) is 3.79. The lowest BCUT2D eigenvalue weighted by molar-refractivity contribution is -0.0276. The Morgan fingerprint density at radius 1 is 1.33 bits per heavy atom. The lowest BCUT2D eigenvalue weighted by atomic mass is 9.42. The van der Waals surface area contributed by atoms with Gasteiger partial charge >= 0.3 is 0 Å². The third kappa shape index (κ3) is 0.764. The van der Waals surface area contributed by atoms with Crippen LogP contribution in [0.4, 0.5) is 0 Å². The Balaban J connectivity index is 2.01.